The van der Waals surface area contributed by atoms with Gasteiger partial charge in [0.25, 0.3) is 0 Å². The zero-order chi connectivity index (χ0) is 13.8. The molecular weight excluding hydrogens is 250 g/mol. The van der Waals surface area contributed by atoms with E-state index in [1.165, 1.54) is 0 Å². The van der Waals surface area contributed by atoms with Crippen LogP contribution in [0.1, 0.15) is 32.1 Å². The molecule has 7 heteroatoms. The molecule has 0 aromatic heterocycles. The third kappa shape index (κ3) is 5.15. The van der Waals surface area contributed by atoms with E-state index in [0.29, 0.717) is 0 Å². The lowest BCUT2D eigenvalue weighted by Crippen LogP contribution is -2.47. The van der Waals surface area contributed by atoms with E-state index in [1.807, 2.05) is 0 Å². The largest absolute Gasteiger partial charge is 0.481 e. The fourth-order valence-corrected chi connectivity index (χ4v) is 1.91. The van der Waals surface area contributed by atoms with Crippen LogP contribution in [-0.2, 0) is 9.59 Å². The molecule has 1 atom stereocenters. The molecule has 106 valence electrons. The van der Waals surface area contributed by atoms with E-state index in [9.17, 15) is 14.4 Å². The summed E-state index contributed by atoms with van der Waals surface area (Å²) < 4.78 is 0. The van der Waals surface area contributed by atoms with Crippen LogP contribution >= 0.6 is 0 Å². The summed E-state index contributed by atoms with van der Waals surface area (Å²) >= 11 is 0. The van der Waals surface area contributed by atoms with Gasteiger partial charge >= 0.3 is 12.0 Å². The molecule has 3 amide bonds. The third-order valence-corrected chi connectivity index (χ3v) is 3.25. The molecule has 0 aromatic rings. The Bertz CT molecular complexity index is 377. The van der Waals surface area contributed by atoms with Gasteiger partial charge in [-0.2, -0.15) is 0 Å². The Morgan fingerprint density at radius 3 is 2.37 bits per heavy atom. The van der Waals surface area contributed by atoms with E-state index in [-0.39, 0.29) is 36.9 Å². The topological polar surface area (TPSA) is 108 Å². The molecule has 2 rings (SSSR count). The van der Waals surface area contributed by atoms with Crippen LogP contribution < -0.4 is 16.0 Å². The van der Waals surface area contributed by atoms with Gasteiger partial charge in [0.15, 0.2) is 0 Å². The van der Waals surface area contributed by atoms with Crippen molar-refractivity contribution in [2.24, 2.45) is 5.92 Å². The molecule has 0 radical (unpaired) electrons. The maximum atomic E-state index is 11.6. The number of amides is 3. The second-order valence-corrected chi connectivity index (χ2v) is 5.21. The van der Waals surface area contributed by atoms with Gasteiger partial charge in [-0.05, 0) is 31.6 Å². The van der Waals surface area contributed by atoms with Crippen LogP contribution in [-0.4, -0.2) is 41.6 Å². The smallest absolute Gasteiger partial charge is 0.315 e. The number of carbonyl (C=O) groups excluding carboxylic acids is 2. The molecule has 0 spiro atoms. The van der Waals surface area contributed by atoms with Crippen LogP contribution in [0.3, 0.4) is 0 Å². The van der Waals surface area contributed by atoms with Gasteiger partial charge in [0.2, 0.25) is 5.91 Å². The van der Waals surface area contributed by atoms with Crippen LogP contribution in [0.5, 0.6) is 0 Å². The third-order valence-electron chi connectivity index (χ3n) is 3.25. The van der Waals surface area contributed by atoms with Crippen molar-refractivity contribution in [2.75, 3.05) is 6.54 Å². The monoisotopic (exact) mass is 269 g/mol. The molecule has 2 aliphatic carbocycles. The molecule has 2 aliphatic rings. The lowest BCUT2D eigenvalue weighted by molar-refractivity contribution is -0.137. The number of aliphatic carboxylic acids is 1. The van der Waals surface area contributed by atoms with Gasteiger partial charge in [0.05, 0.1) is 13.0 Å². The van der Waals surface area contributed by atoms with Crippen LogP contribution in [0.25, 0.3) is 0 Å². The van der Waals surface area contributed by atoms with Gasteiger partial charge in [-0.25, -0.2) is 4.79 Å². The minimum atomic E-state index is -0.927. The number of carboxylic acid groups (broad SMARTS) is 1. The summed E-state index contributed by atoms with van der Waals surface area (Å²) in [6, 6.07) is -0.559. The quantitative estimate of drug-likeness (QED) is 0.514. The Labute approximate surface area is 111 Å². The van der Waals surface area contributed by atoms with E-state index in [2.05, 4.69) is 16.0 Å². The summed E-state index contributed by atoms with van der Waals surface area (Å²) in [6.07, 6.45) is 3.81. The minimum absolute atomic E-state index is 0.0766. The predicted octanol–water partition coefficient (Wildman–Crippen LogP) is -0.183. The molecule has 2 saturated carbocycles. The summed E-state index contributed by atoms with van der Waals surface area (Å²) in [5.41, 5.74) is 0. The second-order valence-electron chi connectivity index (χ2n) is 5.21. The molecular formula is C12H19N3O4. The molecule has 4 N–H and O–H groups in total. The van der Waals surface area contributed by atoms with Crippen molar-refractivity contribution in [3.05, 3.63) is 0 Å². The summed E-state index contributed by atoms with van der Waals surface area (Å²) in [7, 11) is 0. The maximum Gasteiger partial charge on any atom is 0.315 e. The Kier molecular flexibility index (Phi) is 4.24. The normalized spacial score (nSPS) is 19.4. The number of rotatable bonds is 7. The van der Waals surface area contributed by atoms with E-state index in [0.717, 1.165) is 25.7 Å². The van der Waals surface area contributed by atoms with E-state index in [1.54, 1.807) is 0 Å². The standard InChI is InChI=1S/C12H19N3O4/c16-10(14-8-3-4-8)6-13-12(19)15-9(5-11(17)18)7-1-2-7/h7-9H,1-6H2,(H,14,16)(H,17,18)(H2,13,15,19). The van der Waals surface area contributed by atoms with E-state index >= 15 is 0 Å². The zero-order valence-electron chi connectivity index (χ0n) is 10.6. The van der Waals surface area contributed by atoms with E-state index < -0.39 is 12.0 Å². The highest BCUT2D eigenvalue weighted by Crippen LogP contribution is 2.33. The van der Waals surface area contributed by atoms with Crippen LogP contribution in [0.15, 0.2) is 0 Å². The molecule has 0 bridgehead atoms. The molecule has 0 aromatic carbocycles. The number of nitrogens with one attached hydrogen (secondary N) is 3. The first-order valence-electron chi connectivity index (χ1n) is 6.60. The number of carbonyl (C=O) groups is 3. The van der Waals surface area contributed by atoms with Gasteiger partial charge < -0.3 is 21.1 Å². The lowest BCUT2D eigenvalue weighted by atomic mass is 10.1. The number of carboxylic acids is 1. The molecule has 1 unspecified atom stereocenters. The molecule has 7 nitrogen and oxygen atoms in total. The predicted molar refractivity (Wildman–Crippen MR) is 66.5 cm³/mol. The van der Waals surface area contributed by atoms with Gasteiger partial charge in [0.1, 0.15) is 0 Å². The van der Waals surface area contributed by atoms with Crippen molar-refractivity contribution in [1.29, 1.82) is 0 Å². The Balaban J connectivity index is 1.66. The van der Waals surface area contributed by atoms with Crippen molar-refractivity contribution < 1.29 is 19.5 Å². The number of hydrogen-bond donors (Lipinski definition) is 4. The summed E-state index contributed by atoms with van der Waals surface area (Å²) in [5.74, 6) is -0.885. The molecule has 0 heterocycles. The lowest BCUT2D eigenvalue weighted by Gasteiger charge is -2.16. The molecule has 2 fully saturated rings. The minimum Gasteiger partial charge on any atom is -0.481 e. The summed E-state index contributed by atoms with van der Waals surface area (Å²) in [4.78, 5) is 33.6. The van der Waals surface area contributed by atoms with Crippen molar-refractivity contribution in [3.63, 3.8) is 0 Å². The highest BCUT2D eigenvalue weighted by Gasteiger charge is 2.33. The van der Waals surface area contributed by atoms with Crippen LogP contribution in [0.4, 0.5) is 4.79 Å². The van der Waals surface area contributed by atoms with Crippen molar-refractivity contribution >= 4 is 17.9 Å². The highest BCUT2D eigenvalue weighted by molar-refractivity contribution is 5.84. The highest BCUT2D eigenvalue weighted by atomic mass is 16.4. The first-order valence-corrected chi connectivity index (χ1v) is 6.60. The fraction of sp³-hybridized carbons (Fsp3) is 0.750. The maximum absolute atomic E-state index is 11.6. The first kappa shape index (κ1) is 13.6. The Hall–Kier alpha value is -1.79. The Morgan fingerprint density at radius 1 is 1.16 bits per heavy atom. The fourth-order valence-electron chi connectivity index (χ4n) is 1.91. The van der Waals surface area contributed by atoms with Crippen molar-refractivity contribution in [2.45, 2.75) is 44.2 Å². The second kappa shape index (κ2) is 5.90. The summed E-state index contributed by atoms with van der Waals surface area (Å²) in [5, 5.41) is 16.6. The van der Waals surface area contributed by atoms with Crippen LogP contribution in [0.2, 0.25) is 0 Å². The molecule has 0 aliphatic heterocycles. The van der Waals surface area contributed by atoms with Gasteiger partial charge in [-0.1, -0.05) is 0 Å². The molecule has 0 saturated heterocycles. The zero-order valence-corrected chi connectivity index (χ0v) is 10.6. The average Bonchev–Trinajstić information content (AvgIpc) is 3.17. The van der Waals surface area contributed by atoms with Gasteiger partial charge in [-0.15, -0.1) is 0 Å². The number of hydrogen-bond acceptors (Lipinski definition) is 3. The molecule has 19 heavy (non-hydrogen) atoms. The summed E-state index contributed by atoms with van der Waals surface area (Å²) in [6.45, 7) is -0.0766. The van der Waals surface area contributed by atoms with Crippen molar-refractivity contribution in [3.8, 4) is 0 Å². The average molecular weight is 269 g/mol. The van der Waals surface area contributed by atoms with Gasteiger partial charge in [-0.3, -0.25) is 9.59 Å². The van der Waals surface area contributed by atoms with Crippen molar-refractivity contribution in [1.82, 2.24) is 16.0 Å². The van der Waals surface area contributed by atoms with Crippen LogP contribution in [0, 0.1) is 5.92 Å². The Morgan fingerprint density at radius 2 is 1.84 bits per heavy atom. The van der Waals surface area contributed by atoms with Gasteiger partial charge in [0, 0.05) is 12.1 Å². The first-order chi connectivity index (χ1) is 9.04. The number of urea groups is 1. The SMILES string of the molecule is O=C(O)CC(NC(=O)NCC(=O)NC1CC1)C1CC1. The van der Waals surface area contributed by atoms with E-state index in [4.69, 9.17) is 5.11 Å².